The average Bonchev–Trinajstić information content (AvgIpc) is 3.05. The molecule has 0 spiro atoms. The van der Waals surface area contributed by atoms with E-state index >= 15 is 0 Å². The molecular formula is C20H16Cl2N4O. The van der Waals surface area contributed by atoms with Crippen LogP contribution in [0.1, 0.15) is 12.0 Å². The second-order valence-corrected chi connectivity index (χ2v) is 7.28. The summed E-state index contributed by atoms with van der Waals surface area (Å²) >= 11 is 12.1. The number of amides is 1. The Morgan fingerprint density at radius 1 is 1.04 bits per heavy atom. The summed E-state index contributed by atoms with van der Waals surface area (Å²) < 4.78 is 0. The van der Waals surface area contributed by atoms with Crippen LogP contribution >= 0.6 is 23.2 Å². The fourth-order valence-electron chi connectivity index (χ4n) is 3.26. The molecule has 1 aliphatic rings. The Balaban J connectivity index is 1.48. The fraction of sp³-hybridized carbons (Fsp3) is 0.200. The standard InChI is InChI=1S/C20H16Cl2N4O/c21-15-3-1-13(2-4-15)11-14-8-10-26(20(14)27)19-6-5-18(24-25-19)16-7-9-23-12-17(16)22/h1-7,9,12,14H,8,10-11H2. The molecule has 4 rings (SSSR count). The van der Waals surface area contributed by atoms with Gasteiger partial charge in [-0.2, -0.15) is 0 Å². The summed E-state index contributed by atoms with van der Waals surface area (Å²) in [6, 6.07) is 13.0. The zero-order valence-corrected chi connectivity index (χ0v) is 15.9. The van der Waals surface area contributed by atoms with Gasteiger partial charge in [-0.05, 0) is 48.7 Å². The molecule has 1 aliphatic heterocycles. The molecule has 0 aliphatic carbocycles. The molecule has 3 heterocycles. The lowest BCUT2D eigenvalue weighted by Gasteiger charge is -2.15. The summed E-state index contributed by atoms with van der Waals surface area (Å²) in [5, 5.41) is 9.69. The van der Waals surface area contributed by atoms with Crippen molar-refractivity contribution in [3.63, 3.8) is 0 Å². The van der Waals surface area contributed by atoms with Gasteiger partial charge in [0, 0.05) is 35.4 Å². The van der Waals surface area contributed by atoms with Crippen LogP contribution in [0.3, 0.4) is 0 Å². The largest absolute Gasteiger partial charge is 0.295 e. The van der Waals surface area contributed by atoms with Crippen molar-refractivity contribution < 1.29 is 4.79 Å². The van der Waals surface area contributed by atoms with Gasteiger partial charge in [0.1, 0.15) is 0 Å². The normalized spacial score (nSPS) is 16.7. The van der Waals surface area contributed by atoms with Gasteiger partial charge in [-0.3, -0.25) is 14.7 Å². The minimum absolute atomic E-state index is 0.0534. The third-order valence-corrected chi connectivity index (χ3v) is 5.24. The highest BCUT2D eigenvalue weighted by molar-refractivity contribution is 6.33. The number of nitrogens with zero attached hydrogens (tertiary/aromatic N) is 4. The second-order valence-electron chi connectivity index (χ2n) is 6.44. The quantitative estimate of drug-likeness (QED) is 0.651. The van der Waals surface area contributed by atoms with Crippen molar-refractivity contribution in [1.82, 2.24) is 15.2 Å². The summed E-state index contributed by atoms with van der Waals surface area (Å²) in [6.45, 7) is 0.640. The van der Waals surface area contributed by atoms with Crippen molar-refractivity contribution >= 4 is 34.9 Å². The molecule has 1 aromatic carbocycles. The van der Waals surface area contributed by atoms with E-state index in [1.54, 1.807) is 23.4 Å². The lowest BCUT2D eigenvalue weighted by molar-refractivity contribution is -0.120. The Labute approximate surface area is 167 Å². The van der Waals surface area contributed by atoms with Crippen LogP contribution in [0.2, 0.25) is 10.0 Å². The minimum Gasteiger partial charge on any atom is -0.295 e. The average molecular weight is 399 g/mol. The number of carbonyl (C=O) groups excluding carboxylic acids is 1. The van der Waals surface area contributed by atoms with Crippen LogP contribution in [0.4, 0.5) is 5.82 Å². The molecule has 1 unspecified atom stereocenters. The van der Waals surface area contributed by atoms with Gasteiger partial charge in [0.05, 0.1) is 10.7 Å². The first-order valence-corrected chi connectivity index (χ1v) is 9.37. The van der Waals surface area contributed by atoms with E-state index in [4.69, 9.17) is 23.2 Å². The van der Waals surface area contributed by atoms with E-state index in [0.29, 0.717) is 34.5 Å². The maximum Gasteiger partial charge on any atom is 0.231 e. The Kier molecular flexibility index (Phi) is 5.05. The van der Waals surface area contributed by atoms with Crippen molar-refractivity contribution in [2.24, 2.45) is 5.92 Å². The molecule has 0 saturated carbocycles. The number of aromatic nitrogens is 3. The van der Waals surface area contributed by atoms with Crippen LogP contribution in [0.5, 0.6) is 0 Å². The van der Waals surface area contributed by atoms with Crippen LogP contribution in [0.25, 0.3) is 11.3 Å². The number of halogens is 2. The summed E-state index contributed by atoms with van der Waals surface area (Å²) in [4.78, 5) is 18.5. The number of anilines is 1. The zero-order valence-electron chi connectivity index (χ0n) is 14.3. The van der Waals surface area contributed by atoms with Crippen LogP contribution in [0.15, 0.2) is 54.9 Å². The van der Waals surface area contributed by atoms with Crippen molar-refractivity contribution in [2.45, 2.75) is 12.8 Å². The topological polar surface area (TPSA) is 59.0 Å². The zero-order chi connectivity index (χ0) is 18.8. The SMILES string of the molecule is O=C1C(Cc2ccc(Cl)cc2)CCN1c1ccc(-c2ccncc2Cl)nn1. The number of rotatable bonds is 4. The first-order valence-electron chi connectivity index (χ1n) is 8.61. The fourth-order valence-corrected chi connectivity index (χ4v) is 3.60. The van der Waals surface area contributed by atoms with E-state index in [1.165, 1.54) is 0 Å². The maximum absolute atomic E-state index is 12.8. The van der Waals surface area contributed by atoms with Crippen LogP contribution < -0.4 is 4.90 Å². The highest BCUT2D eigenvalue weighted by Gasteiger charge is 2.33. The third kappa shape index (κ3) is 3.80. The molecule has 27 heavy (non-hydrogen) atoms. The molecule has 0 bridgehead atoms. The van der Waals surface area contributed by atoms with Crippen molar-refractivity contribution in [3.05, 3.63) is 70.5 Å². The summed E-state index contributed by atoms with van der Waals surface area (Å²) in [5.74, 6) is 0.587. The molecule has 2 aromatic heterocycles. The minimum atomic E-state index is -0.0534. The van der Waals surface area contributed by atoms with E-state index in [9.17, 15) is 4.79 Å². The number of benzene rings is 1. The molecule has 5 nitrogen and oxygen atoms in total. The monoisotopic (exact) mass is 398 g/mol. The van der Waals surface area contributed by atoms with Gasteiger partial charge < -0.3 is 0 Å². The van der Waals surface area contributed by atoms with Crippen LogP contribution in [-0.4, -0.2) is 27.6 Å². The van der Waals surface area contributed by atoms with Crippen molar-refractivity contribution in [2.75, 3.05) is 11.4 Å². The molecule has 1 amide bonds. The third-order valence-electron chi connectivity index (χ3n) is 4.69. The molecular weight excluding hydrogens is 383 g/mol. The predicted octanol–water partition coefficient (Wildman–Crippen LogP) is 4.44. The molecule has 0 radical (unpaired) electrons. The smallest absolute Gasteiger partial charge is 0.231 e. The molecule has 1 saturated heterocycles. The molecule has 1 atom stereocenters. The lowest BCUT2D eigenvalue weighted by atomic mass is 9.98. The number of carbonyl (C=O) groups is 1. The second kappa shape index (κ2) is 7.62. The molecule has 136 valence electrons. The summed E-state index contributed by atoms with van der Waals surface area (Å²) in [5.41, 5.74) is 2.52. The number of hydrogen-bond donors (Lipinski definition) is 0. The van der Waals surface area contributed by atoms with Gasteiger partial charge in [0.15, 0.2) is 5.82 Å². The Morgan fingerprint density at radius 2 is 1.85 bits per heavy atom. The molecule has 3 aromatic rings. The van der Waals surface area contributed by atoms with E-state index < -0.39 is 0 Å². The van der Waals surface area contributed by atoms with E-state index in [-0.39, 0.29) is 11.8 Å². The Bertz CT molecular complexity index is 960. The van der Waals surface area contributed by atoms with Gasteiger partial charge >= 0.3 is 0 Å². The predicted molar refractivity (Wildman–Crippen MR) is 106 cm³/mol. The lowest BCUT2D eigenvalue weighted by Crippen LogP contribution is -2.28. The van der Waals surface area contributed by atoms with Crippen molar-refractivity contribution in [3.8, 4) is 11.3 Å². The van der Waals surface area contributed by atoms with E-state index in [2.05, 4.69) is 15.2 Å². The summed E-state index contributed by atoms with van der Waals surface area (Å²) in [6.07, 6.45) is 4.71. The molecule has 7 heteroatoms. The van der Waals surface area contributed by atoms with Crippen LogP contribution in [0, 0.1) is 5.92 Å². The maximum atomic E-state index is 12.8. The number of hydrogen-bond acceptors (Lipinski definition) is 4. The first kappa shape index (κ1) is 17.9. The highest BCUT2D eigenvalue weighted by atomic mass is 35.5. The van der Waals surface area contributed by atoms with Crippen LogP contribution in [-0.2, 0) is 11.2 Å². The van der Waals surface area contributed by atoms with Gasteiger partial charge in [-0.15, -0.1) is 10.2 Å². The van der Waals surface area contributed by atoms with E-state index in [1.807, 2.05) is 36.4 Å². The summed E-state index contributed by atoms with van der Waals surface area (Å²) in [7, 11) is 0. The Hall–Kier alpha value is -2.50. The van der Waals surface area contributed by atoms with Crippen molar-refractivity contribution in [1.29, 1.82) is 0 Å². The molecule has 0 N–H and O–H groups in total. The number of pyridine rings is 1. The highest BCUT2D eigenvalue weighted by Crippen LogP contribution is 2.29. The van der Waals surface area contributed by atoms with Gasteiger partial charge in [-0.25, -0.2) is 0 Å². The van der Waals surface area contributed by atoms with Gasteiger partial charge in [0.2, 0.25) is 5.91 Å². The van der Waals surface area contributed by atoms with Gasteiger partial charge in [-0.1, -0.05) is 35.3 Å². The first-order chi connectivity index (χ1) is 13.1. The molecule has 1 fully saturated rings. The Morgan fingerprint density at radius 3 is 2.56 bits per heavy atom. The van der Waals surface area contributed by atoms with Gasteiger partial charge in [0.25, 0.3) is 0 Å². The van der Waals surface area contributed by atoms with E-state index in [0.717, 1.165) is 17.5 Å².